The first-order valence-corrected chi connectivity index (χ1v) is 6.94. The summed E-state index contributed by atoms with van der Waals surface area (Å²) in [5.74, 6) is 0.989. The Balaban J connectivity index is 1.96. The van der Waals surface area contributed by atoms with Crippen LogP contribution in [0.3, 0.4) is 0 Å². The molecular weight excluding hydrogens is 280 g/mol. The van der Waals surface area contributed by atoms with Gasteiger partial charge in [0.25, 0.3) is 0 Å². The zero-order valence-corrected chi connectivity index (χ0v) is 11.7. The van der Waals surface area contributed by atoms with Crippen LogP contribution in [0.15, 0.2) is 6.07 Å². The van der Waals surface area contributed by atoms with Crippen LogP contribution in [-0.4, -0.2) is 11.6 Å². The summed E-state index contributed by atoms with van der Waals surface area (Å²) in [6, 6.07) is 1.56. The van der Waals surface area contributed by atoms with E-state index in [0.29, 0.717) is 28.5 Å². The number of aromatic nitrogens is 1. The van der Waals surface area contributed by atoms with Gasteiger partial charge in [-0.1, -0.05) is 54.1 Å². The molecule has 0 atom stereocenters. The number of pyridine rings is 1. The third-order valence-electron chi connectivity index (χ3n) is 3.04. The van der Waals surface area contributed by atoms with Crippen molar-refractivity contribution >= 4 is 34.8 Å². The molecule has 0 bridgehead atoms. The summed E-state index contributed by atoms with van der Waals surface area (Å²) < 4.78 is 5.63. The Morgan fingerprint density at radius 1 is 1.12 bits per heavy atom. The lowest BCUT2D eigenvalue weighted by molar-refractivity contribution is 0.203. The van der Waals surface area contributed by atoms with E-state index in [9.17, 15) is 0 Å². The Morgan fingerprint density at radius 2 is 1.82 bits per heavy atom. The molecule has 5 heteroatoms. The van der Waals surface area contributed by atoms with Crippen LogP contribution in [0, 0.1) is 5.92 Å². The number of nitrogens with zero attached hydrogens (tertiary/aromatic N) is 1. The fourth-order valence-electron chi connectivity index (χ4n) is 2.08. The first-order chi connectivity index (χ1) is 8.16. The average Bonchev–Trinajstić information content (AvgIpc) is 2.33. The van der Waals surface area contributed by atoms with Crippen molar-refractivity contribution in [3.8, 4) is 5.88 Å². The number of hydrogen-bond donors (Lipinski definition) is 0. The highest BCUT2D eigenvalue weighted by molar-refractivity contribution is 6.42. The van der Waals surface area contributed by atoms with Crippen molar-refractivity contribution in [1.29, 1.82) is 0 Å². The SMILES string of the molecule is Clc1cc(Cl)c(OCC2CCCCC2)nc1Cl. The highest BCUT2D eigenvalue weighted by Gasteiger charge is 2.16. The van der Waals surface area contributed by atoms with E-state index in [1.54, 1.807) is 6.07 Å². The third-order valence-corrected chi connectivity index (χ3v) is 3.98. The van der Waals surface area contributed by atoms with Crippen molar-refractivity contribution in [2.75, 3.05) is 6.61 Å². The molecule has 0 amide bonds. The van der Waals surface area contributed by atoms with Gasteiger partial charge in [-0.2, -0.15) is 4.98 Å². The van der Waals surface area contributed by atoms with Gasteiger partial charge < -0.3 is 4.74 Å². The lowest BCUT2D eigenvalue weighted by atomic mass is 9.90. The fourth-order valence-corrected chi connectivity index (χ4v) is 2.62. The van der Waals surface area contributed by atoms with Gasteiger partial charge in [0.2, 0.25) is 5.88 Å². The van der Waals surface area contributed by atoms with Crippen LogP contribution in [-0.2, 0) is 0 Å². The van der Waals surface area contributed by atoms with Crippen LogP contribution >= 0.6 is 34.8 Å². The standard InChI is InChI=1S/C12H14Cl3NO/c13-9-6-10(14)12(16-11(9)15)17-7-8-4-2-1-3-5-8/h6,8H,1-5,7H2. The predicted molar refractivity (Wildman–Crippen MR) is 71.3 cm³/mol. The molecule has 1 aliphatic rings. The number of hydrogen-bond acceptors (Lipinski definition) is 2. The highest BCUT2D eigenvalue weighted by Crippen LogP contribution is 2.31. The molecule has 1 fully saturated rings. The van der Waals surface area contributed by atoms with Gasteiger partial charge in [-0.3, -0.25) is 0 Å². The Kier molecular flexibility index (Phi) is 4.78. The molecular formula is C12H14Cl3NO. The lowest BCUT2D eigenvalue weighted by Crippen LogP contribution is -2.15. The van der Waals surface area contributed by atoms with E-state index < -0.39 is 0 Å². The Hall–Kier alpha value is -0.180. The van der Waals surface area contributed by atoms with Gasteiger partial charge >= 0.3 is 0 Å². The normalized spacial score (nSPS) is 17.1. The predicted octanol–water partition coefficient (Wildman–Crippen LogP) is 5.00. The largest absolute Gasteiger partial charge is 0.476 e. The maximum absolute atomic E-state index is 5.99. The summed E-state index contributed by atoms with van der Waals surface area (Å²) in [5, 5.41) is 0.992. The summed E-state index contributed by atoms with van der Waals surface area (Å²) in [4.78, 5) is 4.04. The monoisotopic (exact) mass is 293 g/mol. The van der Waals surface area contributed by atoms with Crippen LogP contribution < -0.4 is 4.74 Å². The molecule has 2 nitrogen and oxygen atoms in total. The highest BCUT2D eigenvalue weighted by atomic mass is 35.5. The summed E-state index contributed by atoms with van der Waals surface area (Å²) in [6.07, 6.45) is 6.35. The average molecular weight is 295 g/mol. The van der Waals surface area contributed by atoms with Crippen molar-refractivity contribution in [2.24, 2.45) is 5.92 Å². The molecule has 1 aromatic rings. The van der Waals surface area contributed by atoms with Crippen molar-refractivity contribution in [2.45, 2.75) is 32.1 Å². The zero-order valence-electron chi connectivity index (χ0n) is 9.39. The van der Waals surface area contributed by atoms with Crippen molar-refractivity contribution in [3.05, 3.63) is 21.3 Å². The number of rotatable bonds is 3. The van der Waals surface area contributed by atoms with E-state index in [0.717, 1.165) is 0 Å². The fraction of sp³-hybridized carbons (Fsp3) is 0.583. The Bertz CT molecular complexity index is 392. The maximum atomic E-state index is 5.99. The molecule has 1 aromatic heterocycles. The topological polar surface area (TPSA) is 22.1 Å². The molecule has 1 heterocycles. The maximum Gasteiger partial charge on any atom is 0.234 e. The van der Waals surface area contributed by atoms with Crippen molar-refractivity contribution < 1.29 is 4.74 Å². The molecule has 0 N–H and O–H groups in total. The van der Waals surface area contributed by atoms with Gasteiger partial charge in [0.1, 0.15) is 5.02 Å². The molecule has 2 rings (SSSR count). The zero-order chi connectivity index (χ0) is 12.3. The third kappa shape index (κ3) is 3.64. The Labute approximate surface area is 116 Å². The van der Waals surface area contributed by atoms with Crippen LogP contribution in [0.25, 0.3) is 0 Å². The van der Waals surface area contributed by atoms with E-state index in [-0.39, 0.29) is 5.15 Å². The van der Waals surface area contributed by atoms with E-state index in [4.69, 9.17) is 39.5 Å². The van der Waals surface area contributed by atoms with Crippen LogP contribution in [0.1, 0.15) is 32.1 Å². The lowest BCUT2D eigenvalue weighted by Gasteiger charge is -2.21. The van der Waals surface area contributed by atoms with E-state index >= 15 is 0 Å². The van der Waals surface area contributed by atoms with Crippen LogP contribution in [0.4, 0.5) is 0 Å². The minimum absolute atomic E-state index is 0.231. The van der Waals surface area contributed by atoms with Gasteiger partial charge in [-0.15, -0.1) is 0 Å². The summed E-state index contributed by atoms with van der Waals surface area (Å²) in [7, 11) is 0. The molecule has 0 unspecified atom stereocenters. The molecule has 0 aromatic carbocycles. The molecule has 1 saturated carbocycles. The van der Waals surface area contributed by atoms with Crippen molar-refractivity contribution in [1.82, 2.24) is 4.98 Å². The molecule has 0 saturated heterocycles. The van der Waals surface area contributed by atoms with Crippen molar-refractivity contribution in [3.63, 3.8) is 0 Å². The quantitative estimate of drug-likeness (QED) is 0.732. The van der Waals surface area contributed by atoms with Gasteiger partial charge in [0.05, 0.1) is 11.6 Å². The second kappa shape index (κ2) is 6.12. The minimum atomic E-state index is 0.231. The second-order valence-electron chi connectivity index (χ2n) is 4.36. The summed E-state index contributed by atoms with van der Waals surface area (Å²) >= 11 is 17.6. The molecule has 0 aliphatic heterocycles. The smallest absolute Gasteiger partial charge is 0.234 e. The number of ether oxygens (including phenoxy) is 1. The van der Waals surface area contributed by atoms with Gasteiger partial charge in [-0.05, 0) is 24.8 Å². The van der Waals surface area contributed by atoms with Crippen LogP contribution in [0.2, 0.25) is 15.2 Å². The molecule has 0 spiro atoms. The minimum Gasteiger partial charge on any atom is -0.476 e. The molecule has 0 radical (unpaired) electrons. The number of halogens is 3. The summed E-state index contributed by atoms with van der Waals surface area (Å²) in [5.41, 5.74) is 0. The Morgan fingerprint density at radius 3 is 2.53 bits per heavy atom. The van der Waals surface area contributed by atoms with E-state index in [1.165, 1.54) is 32.1 Å². The molecule has 94 valence electrons. The van der Waals surface area contributed by atoms with Gasteiger partial charge in [0.15, 0.2) is 5.15 Å². The van der Waals surface area contributed by atoms with Gasteiger partial charge in [-0.25, -0.2) is 0 Å². The molecule has 17 heavy (non-hydrogen) atoms. The first kappa shape index (κ1) is 13.3. The van der Waals surface area contributed by atoms with E-state index in [1.807, 2.05) is 0 Å². The van der Waals surface area contributed by atoms with Gasteiger partial charge in [0, 0.05) is 0 Å². The van der Waals surface area contributed by atoms with E-state index in [2.05, 4.69) is 4.98 Å². The summed E-state index contributed by atoms with van der Waals surface area (Å²) in [6.45, 7) is 0.657. The second-order valence-corrected chi connectivity index (χ2v) is 5.54. The first-order valence-electron chi connectivity index (χ1n) is 5.81. The molecule has 1 aliphatic carbocycles. The van der Waals surface area contributed by atoms with Crippen LogP contribution in [0.5, 0.6) is 5.88 Å².